The number of hydrogen-bond acceptors (Lipinski definition) is 3. The van der Waals surface area contributed by atoms with Crippen molar-refractivity contribution in [1.82, 2.24) is 9.80 Å². The van der Waals surface area contributed by atoms with Crippen LogP contribution in [0.3, 0.4) is 0 Å². The Morgan fingerprint density at radius 3 is 2.07 bits per heavy atom. The monoisotopic (exact) mass is 371 g/mol. The molecular formula is C22H33N3O2. The molecule has 2 aliphatic rings. The van der Waals surface area contributed by atoms with Crippen molar-refractivity contribution in [1.29, 1.82) is 0 Å². The quantitative estimate of drug-likeness (QED) is 0.799. The third-order valence-corrected chi connectivity index (χ3v) is 5.71. The van der Waals surface area contributed by atoms with E-state index in [1.807, 2.05) is 25.8 Å². The number of rotatable bonds is 7. The van der Waals surface area contributed by atoms with E-state index in [2.05, 4.69) is 29.3 Å². The molecule has 27 heavy (non-hydrogen) atoms. The second kappa shape index (κ2) is 8.42. The van der Waals surface area contributed by atoms with Crippen molar-refractivity contribution in [2.75, 3.05) is 25.5 Å². The van der Waals surface area contributed by atoms with E-state index >= 15 is 0 Å². The molecule has 0 atom stereocenters. The average Bonchev–Trinajstić information content (AvgIpc) is 3.24. The van der Waals surface area contributed by atoms with E-state index in [1.165, 1.54) is 18.4 Å². The number of carbonyl (C=O) groups excluding carboxylic acids is 2. The molecule has 3 rings (SSSR count). The Balaban J connectivity index is 1.54. The molecule has 0 radical (unpaired) electrons. The van der Waals surface area contributed by atoms with Crippen LogP contribution >= 0.6 is 0 Å². The summed E-state index contributed by atoms with van der Waals surface area (Å²) in [6.45, 7) is 6.62. The molecule has 0 bridgehead atoms. The van der Waals surface area contributed by atoms with Gasteiger partial charge in [0.1, 0.15) is 0 Å². The first kappa shape index (κ1) is 19.9. The van der Waals surface area contributed by atoms with Crippen LogP contribution in [0, 0.1) is 20.8 Å². The lowest BCUT2D eigenvalue weighted by Gasteiger charge is -2.30. The van der Waals surface area contributed by atoms with Crippen molar-refractivity contribution >= 4 is 17.5 Å². The highest BCUT2D eigenvalue weighted by Gasteiger charge is 2.38. The summed E-state index contributed by atoms with van der Waals surface area (Å²) in [6, 6.07) is 5.02. The van der Waals surface area contributed by atoms with Crippen LogP contribution in [0.25, 0.3) is 0 Å². The van der Waals surface area contributed by atoms with Gasteiger partial charge in [-0.15, -0.1) is 0 Å². The number of likely N-dealkylation sites (N-methyl/N-ethyl adjacent to an activating group) is 1. The van der Waals surface area contributed by atoms with Crippen LogP contribution in [0.4, 0.5) is 5.69 Å². The van der Waals surface area contributed by atoms with E-state index in [0.717, 1.165) is 42.5 Å². The van der Waals surface area contributed by atoms with Crippen molar-refractivity contribution in [3.8, 4) is 0 Å². The maximum atomic E-state index is 12.9. The molecular weight excluding hydrogens is 338 g/mol. The van der Waals surface area contributed by atoms with Gasteiger partial charge in [-0.1, -0.05) is 30.5 Å². The third kappa shape index (κ3) is 5.10. The average molecular weight is 372 g/mol. The fourth-order valence-corrected chi connectivity index (χ4v) is 4.41. The fraction of sp³-hybridized carbons (Fsp3) is 0.636. The lowest BCUT2D eigenvalue weighted by molar-refractivity contribution is -0.135. The van der Waals surface area contributed by atoms with E-state index in [-0.39, 0.29) is 18.4 Å². The maximum absolute atomic E-state index is 12.9. The molecule has 1 N–H and O–H groups in total. The summed E-state index contributed by atoms with van der Waals surface area (Å²) in [5.41, 5.74) is 4.22. The number of nitrogens with zero attached hydrogens (tertiary/aromatic N) is 2. The SMILES string of the molecule is Cc1cc(C)c(NC(=O)CN(C)CC(=O)N(C2CCCC2)C2CC2)c(C)c1. The molecule has 0 aromatic heterocycles. The number of carbonyl (C=O) groups is 2. The first-order valence-electron chi connectivity index (χ1n) is 10.2. The predicted molar refractivity (Wildman–Crippen MR) is 109 cm³/mol. The van der Waals surface area contributed by atoms with Crippen molar-refractivity contribution in [3.05, 3.63) is 28.8 Å². The van der Waals surface area contributed by atoms with Crippen LogP contribution < -0.4 is 5.32 Å². The largest absolute Gasteiger partial charge is 0.336 e. The highest BCUT2D eigenvalue weighted by molar-refractivity contribution is 5.94. The number of nitrogens with one attached hydrogen (secondary N) is 1. The Morgan fingerprint density at radius 1 is 0.963 bits per heavy atom. The summed E-state index contributed by atoms with van der Waals surface area (Å²) in [5, 5.41) is 3.02. The standard InChI is InChI=1S/C22H33N3O2/c1-15-11-16(2)22(17(3)12-15)23-20(26)13-24(4)14-21(27)25(19-9-10-19)18-7-5-6-8-18/h11-12,18-19H,5-10,13-14H2,1-4H3,(H,23,26). The minimum absolute atomic E-state index is 0.0702. The van der Waals surface area contributed by atoms with E-state index in [1.54, 1.807) is 0 Å². The normalized spacial score (nSPS) is 17.4. The molecule has 1 aromatic carbocycles. The molecule has 0 saturated heterocycles. The van der Waals surface area contributed by atoms with E-state index in [9.17, 15) is 9.59 Å². The molecule has 5 heteroatoms. The van der Waals surface area contributed by atoms with Crippen LogP contribution in [0.2, 0.25) is 0 Å². The first-order chi connectivity index (χ1) is 12.8. The zero-order chi connectivity index (χ0) is 19.6. The topological polar surface area (TPSA) is 52.7 Å². The number of amides is 2. The minimum Gasteiger partial charge on any atom is -0.336 e. The summed E-state index contributed by atoms with van der Waals surface area (Å²) in [4.78, 5) is 29.3. The van der Waals surface area contributed by atoms with E-state index in [0.29, 0.717) is 18.6 Å². The van der Waals surface area contributed by atoms with Crippen LogP contribution in [0.15, 0.2) is 12.1 Å². The minimum atomic E-state index is -0.0702. The zero-order valence-corrected chi connectivity index (χ0v) is 17.2. The van der Waals surface area contributed by atoms with Crippen molar-refractivity contribution in [3.63, 3.8) is 0 Å². The molecule has 2 amide bonds. The number of anilines is 1. The van der Waals surface area contributed by atoms with Gasteiger partial charge < -0.3 is 10.2 Å². The van der Waals surface area contributed by atoms with Crippen LogP contribution in [-0.2, 0) is 9.59 Å². The Labute approximate surface area is 163 Å². The second-order valence-corrected chi connectivity index (χ2v) is 8.46. The molecule has 2 saturated carbocycles. The highest BCUT2D eigenvalue weighted by atomic mass is 16.2. The molecule has 1 aromatic rings. The maximum Gasteiger partial charge on any atom is 0.238 e. The van der Waals surface area contributed by atoms with Gasteiger partial charge in [0.15, 0.2) is 0 Å². The molecule has 5 nitrogen and oxygen atoms in total. The van der Waals surface area contributed by atoms with Gasteiger partial charge in [0.05, 0.1) is 13.1 Å². The molecule has 0 aliphatic heterocycles. The summed E-state index contributed by atoms with van der Waals surface area (Å²) in [7, 11) is 1.85. The number of hydrogen-bond donors (Lipinski definition) is 1. The van der Waals surface area contributed by atoms with Gasteiger partial charge >= 0.3 is 0 Å². The van der Waals surface area contributed by atoms with Gasteiger partial charge in [0.25, 0.3) is 0 Å². The van der Waals surface area contributed by atoms with Crippen molar-refractivity contribution in [2.24, 2.45) is 0 Å². The summed E-state index contributed by atoms with van der Waals surface area (Å²) in [5.74, 6) is 0.113. The fourth-order valence-electron chi connectivity index (χ4n) is 4.41. The Morgan fingerprint density at radius 2 is 1.52 bits per heavy atom. The van der Waals surface area contributed by atoms with Gasteiger partial charge in [0.2, 0.25) is 11.8 Å². The summed E-state index contributed by atoms with van der Waals surface area (Å²) >= 11 is 0. The zero-order valence-electron chi connectivity index (χ0n) is 17.2. The van der Waals surface area contributed by atoms with E-state index < -0.39 is 0 Å². The Kier molecular flexibility index (Phi) is 6.20. The summed E-state index contributed by atoms with van der Waals surface area (Å²) in [6.07, 6.45) is 7.01. The molecule has 0 unspecified atom stereocenters. The Hall–Kier alpha value is -1.88. The van der Waals surface area contributed by atoms with Gasteiger partial charge in [-0.3, -0.25) is 14.5 Å². The molecule has 0 heterocycles. The van der Waals surface area contributed by atoms with Crippen molar-refractivity contribution < 1.29 is 9.59 Å². The Bertz CT molecular complexity index is 683. The molecule has 2 aliphatic carbocycles. The third-order valence-electron chi connectivity index (χ3n) is 5.71. The number of benzene rings is 1. The summed E-state index contributed by atoms with van der Waals surface area (Å²) < 4.78 is 0. The van der Waals surface area contributed by atoms with Gasteiger partial charge in [-0.2, -0.15) is 0 Å². The van der Waals surface area contributed by atoms with E-state index in [4.69, 9.17) is 0 Å². The molecule has 0 spiro atoms. The molecule has 148 valence electrons. The van der Waals surface area contributed by atoms with Crippen LogP contribution in [0.1, 0.15) is 55.2 Å². The van der Waals surface area contributed by atoms with Gasteiger partial charge in [0, 0.05) is 17.8 Å². The number of aryl methyl sites for hydroxylation is 3. The lowest BCUT2D eigenvalue weighted by atomic mass is 10.1. The first-order valence-corrected chi connectivity index (χ1v) is 10.2. The van der Waals surface area contributed by atoms with Gasteiger partial charge in [-0.05, 0) is 64.6 Å². The van der Waals surface area contributed by atoms with Crippen LogP contribution in [-0.4, -0.2) is 53.8 Å². The second-order valence-electron chi connectivity index (χ2n) is 8.46. The van der Waals surface area contributed by atoms with Gasteiger partial charge in [-0.25, -0.2) is 0 Å². The van der Waals surface area contributed by atoms with Crippen molar-refractivity contribution in [2.45, 2.75) is 71.4 Å². The predicted octanol–water partition coefficient (Wildman–Crippen LogP) is 3.42. The highest BCUT2D eigenvalue weighted by Crippen LogP contribution is 2.34. The molecule has 2 fully saturated rings. The van der Waals surface area contributed by atoms with Crippen LogP contribution in [0.5, 0.6) is 0 Å². The lowest BCUT2D eigenvalue weighted by Crippen LogP contribution is -2.46. The smallest absolute Gasteiger partial charge is 0.238 e.